The summed E-state index contributed by atoms with van der Waals surface area (Å²) in [7, 11) is 0. The van der Waals surface area contributed by atoms with Crippen LogP contribution in [0.25, 0.3) is 10.9 Å². The Labute approximate surface area is 154 Å². The molecule has 1 amide bonds. The van der Waals surface area contributed by atoms with Crippen molar-refractivity contribution in [1.82, 2.24) is 9.88 Å². The normalized spacial score (nSPS) is 14.5. The van der Waals surface area contributed by atoms with E-state index >= 15 is 0 Å². The summed E-state index contributed by atoms with van der Waals surface area (Å²) in [5.74, 6) is 0.835. The number of hydrogen-bond donors (Lipinski definition) is 0. The summed E-state index contributed by atoms with van der Waals surface area (Å²) in [6.07, 6.45) is 1.75. The molecule has 6 heteroatoms. The number of nitrogens with zero attached hydrogens (tertiary/aromatic N) is 2. The van der Waals surface area contributed by atoms with Gasteiger partial charge in [-0.05, 0) is 25.5 Å². The van der Waals surface area contributed by atoms with E-state index in [1.54, 1.807) is 4.90 Å². The molecule has 2 aromatic rings. The van der Waals surface area contributed by atoms with Crippen molar-refractivity contribution in [3.63, 3.8) is 0 Å². The highest BCUT2D eigenvalue weighted by Gasteiger charge is 2.20. The van der Waals surface area contributed by atoms with Crippen LogP contribution in [-0.4, -0.2) is 48.9 Å². The smallest absolute Gasteiger partial charge is 0.410 e. The molecule has 1 fully saturated rings. The van der Waals surface area contributed by atoms with Crippen molar-refractivity contribution in [1.29, 1.82) is 0 Å². The van der Waals surface area contributed by atoms with Crippen molar-refractivity contribution in [2.24, 2.45) is 0 Å². The van der Waals surface area contributed by atoms with Crippen LogP contribution in [-0.2, 0) is 16.1 Å². The van der Waals surface area contributed by atoms with Gasteiger partial charge >= 0.3 is 6.09 Å². The predicted molar refractivity (Wildman–Crippen MR) is 99.5 cm³/mol. The Bertz CT molecular complexity index is 757. The molecule has 140 valence electrons. The second kappa shape index (κ2) is 8.85. The molecule has 0 unspecified atom stereocenters. The van der Waals surface area contributed by atoms with Crippen LogP contribution in [0, 0.1) is 6.92 Å². The zero-order valence-electron chi connectivity index (χ0n) is 15.5. The number of carbonyl (C=O) groups is 1. The number of pyridine rings is 1. The Hall–Kier alpha value is -2.34. The molecule has 1 aromatic heterocycles. The number of amides is 1. The zero-order chi connectivity index (χ0) is 18.4. The second-order valence-electron chi connectivity index (χ2n) is 6.39. The Morgan fingerprint density at radius 1 is 1.27 bits per heavy atom. The van der Waals surface area contributed by atoms with Crippen LogP contribution in [0.4, 0.5) is 4.79 Å². The maximum absolute atomic E-state index is 12.2. The number of rotatable bonds is 6. The zero-order valence-corrected chi connectivity index (χ0v) is 15.5. The van der Waals surface area contributed by atoms with E-state index in [9.17, 15) is 4.79 Å². The van der Waals surface area contributed by atoms with E-state index in [2.05, 4.69) is 11.9 Å². The number of benzene rings is 1. The van der Waals surface area contributed by atoms with Crippen LogP contribution in [0.15, 0.2) is 24.3 Å². The summed E-state index contributed by atoms with van der Waals surface area (Å²) in [4.78, 5) is 18.6. The molecule has 0 radical (unpaired) electrons. The lowest BCUT2D eigenvalue weighted by atomic mass is 10.1. The van der Waals surface area contributed by atoms with Crippen LogP contribution in [0.2, 0.25) is 0 Å². The third-order valence-corrected chi connectivity index (χ3v) is 4.52. The van der Waals surface area contributed by atoms with E-state index < -0.39 is 0 Å². The van der Waals surface area contributed by atoms with Gasteiger partial charge in [-0.25, -0.2) is 9.78 Å². The quantitative estimate of drug-likeness (QED) is 0.737. The number of fused-ring (bicyclic) bond motifs is 1. The van der Waals surface area contributed by atoms with Crippen LogP contribution >= 0.6 is 0 Å². The first-order valence-corrected chi connectivity index (χ1v) is 9.21. The summed E-state index contributed by atoms with van der Waals surface area (Å²) in [6.45, 7) is 7.14. The molecule has 0 saturated carbocycles. The number of aromatic nitrogens is 1. The molecule has 1 aromatic carbocycles. The van der Waals surface area contributed by atoms with Gasteiger partial charge in [-0.3, -0.25) is 0 Å². The molecule has 3 rings (SSSR count). The average molecular weight is 358 g/mol. The highest BCUT2D eigenvalue weighted by atomic mass is 16.6. The van der Waals surface area contributed by atoms with E-state index in [0.717, 1.165) is 40.8 Å². The third kappa shape index (κ3) is 4.25. The first-order chi connectivity index (χ1) is 12.7. The van der Waals surface area contributed by atoms with Crippen LogP contribution < -0.4 is 4.74 Å². The predicted octanol–water partition coefficient (Wildman–Crippen LogP) is 3.69. The molecule has 0 bridgehead atoms. The average Bonchev–Trinajstić information content (AvgIpc) is 2.69. The lowest BCUT2D eigenvalue weighted by Crippen LogP contribution is -2.40. The minimum atomic E-state index is -0.323. The summed E-state index contributed by atoms with van der Waals surface area (Å²) < 4.78 is 16.8. The Balaban J connectivity index is 1.78. The Morgan fingerprint density at radius 3 is 2.81 bits per heavy atom. The summed E-state index contributed by atoms with van der Waals surface area (Å²) in [5.41, 5.74) is 2.51. The van der Waals surface area contributed by atoms with Gasteiger partial charge in [0.05, 0.1) is 31.0 Å². The van der Waals surface area contributed by atoms with Crippen LogP contribution in [0.1, 0.15) is 31.0 Å². The fourth-order valence-electron chi connectivity index (χ4n) is 2.94. The molecule has 2 heterocycles. The van der Waals surface area contributed by atoms with E-state index in [1.807, 2.05) is 31.2 Å². The minimum absolute atomic E-state index is 0.136. The maximum atomic E-state index is 12.2. The standard InChI is InChI=1S/C20H26N2O4/c1-3-4-11-25-19-15(2)18(21-17-8-6-5-7-16(17)19)14-26-20(23)22-9-12-24-13-10-22/h5-8H,3-4,9-14H2,1-2H3. The minimum Gasteiger partial charge on any atom is -0.493 e. The first kappa shape index (κ1) is 18.5. The second-order valence-corrected chi connectivity index (χ2v) is 6.39. The van der Waals surface area contributed by atoms with Gasteiger partial charge in [0.1, 0.15) is 12.4 Å². The largest absolute Gasteiger partial charge is 0.493 e. The first-order valence-electron chi connectivity index (χ1n) is 9.21. The molecule has 0 aliphatic carbocycles. The number of morpholine rings is 1. The molecule has 0 N–H and O–H groups in total. The lowest BCUT2D eigenvalue weighted by Gasteiger charge is -2.26. The van der Waals surface area contributed by atoms with Crippen molar-refractivity contribution >= 4 is 17.0 Å². The van der Waals surface area contributed by atoms with Crippen LogP contribution in [0.5, 0.6) is 5.75 Å². The summed E-state index contributed by atoms with van der Waals surface area (Å²) >= 11 is 0. The van der Waals surface area contributed by atoms with Crippen molar-refractivity contribution in [3.8, 4) is 5.75 Å². The highest BCUT2D eigenvalue weighted by Crippen LogP contribution is 2.31. The van der Waals surface area contributed by atoms with E-state index in [0.29, 0.717) is 32.9 Å². The van der Waals surface area contributed by atoms with Gasteiger partial charge in [0.15, 0.2) is 0 Å². The molecular formula is C20H26N2O4. The SMILES string of the molecule is CCCCOc1c(C)c(COC(=O)N2CCOCC2)nc2ccccc12. The Morgan fingerprint density at radius 2 is 2.04 bits per heavy atom. The molecule has 1 aliphatic rings. The third-order valence-electron chi connectivity index (χ3n) is 4.52. The van der Waals surface area contributed by atoms with Gasteiger partial charge in [0, 0.05) is 24.0 Å². The highest BCUT2D eigenvalue weighted by molar-refractivity contribution is 5.86. The fraction of sp³-hybridized carbons (Fsp3) is 0.500. The number of ether oxygens (including phenoxy) is 3. The van der Waals surface area contributed by atoms with Gasteiger partial charge < -0.3 is 19.1 Å². The topological polar surface area (TPSA) is 60.9 Å². The summed E-state index contributed by atoms with van der Waals surface area (Å²) in [6, 6.07) is 7.90. The van der Waals surface area contributed by atoms with Gasteiger partial charge in [0.2, 0.25) is 0 Å². The van der Waals surface area contributed by atoms with Crippen molar-refractivity contribution in [2.75, 3.05) is 32.9 Å². The molecule has 6 nitrogen and oxygen atoms in total. The van der Waals surface area contributed by atoms with E-state index in [1.165, 1.54) is 0 Å². The molecule has 1 saturated heterocycles. The van der Waals surface area contributed by atoms with E-state index in [-0.39, 0.29) is 12.7 Å². The van der Waals surface area contributed by atoms with Gasteiger partial charge in [0.25, 0.3) is 0 Å². The van der Waals surface area contributed by atoms with Crippen molar-refractivity contribution in [2.45, 2.75) is 33.3 Å². The van der Waals surface area contributed by atoms with Crippen molar-refractivity contribution < 1.29 is 19.0 Å². The maximum Gasteiger partial charge on any atom is 0.410 e. The Kier molecular flexibility index (Phi) is 6.28. The molecular weight excluding hydrogens is 332 g/mol. The molecule has 1 aliphatic heterocycles. The molecule has 0 spiro atoms. The lowest BCUT2D eigenvalue weighted by molar-refractivity contribution is 0.0246. The van der Waals surface area contributed by atoms with Gasteiger partial charge in [-0.2, -0.15) is 0 Å². The number of para-hydroxylation sites is 1. The van der Waals surface area contributed by atoms with Gasteiger partial charge in [-0.15, -0.1) is 0 Å². The van der Waals surface area contributed by atoms with E-state index in [4.69, 9.17) is 14.2 Å². The van der Waals surface area contributed by atoms with Gasteiger partial charge in [-0.1, -0.05) is 25.5 Å². The monoisotopic (exact) mass is 358 g/mol. The summed E-state index contributed by atoms with van der Waals surface area (Å²) in [5, 5.41) is 0.990. The molecule has 26 heavy (non-hydrogen) atoms. The van der Waals surface area contributed by atoms with Crippen molar-refractivity contribution in [3.05, 3.63) is 35.5 Å². The fourth-order valence-corrected chi connectivity index (χ4v) is 2.94. The number of unbranched alkanes of at least 4 members (excludes halogenated alkanes) is 1. The number of hydrogen-bond acceptors (Lipinski definition) is 5. The van der Waals surface area contributed by atoms with Crippen LogP contribution in [0.3, 0.4) is 0 Å². The molecule has 0 atom stereocenters. The number of carbonyl (C=O) groups excluding carboxylic acids is 1.